The lowest BCUT2D eigenvalue weighted by molar-refractivity contribution is 0.0703. The number of amides is 1. The van der Waals surface area contributed by atoms with Crippen LogP contribution in [-0.2, 0) is 25.9 Å². The molecule has 10 heteroatoms. The van der Waals surface area contributed by atoms with E-state index in [0.29, 0.717) is 54.0 Å². The first-order valence-electron chi connectivity index (χ1n) is 16.9. The maximum Gasteiger partial charge on any atom is 0.257 e. The van der Waals surface area contributed by atoms with Crippen LogP contribution in [0.5, 0.6) is 23.0 Å². The number of aliphatic imine (C=N–C) groups is 2. The van der Waals surface area contributed by atoms with Crippen molar-refractivity contribution in [3.8, 4) is 23.0 Å². The van der Waals surface area contributed by atoms with Crippen LogP contribution in [0.4, 0.5) is 17.1 Å². The number of carbonyl (C=O) groups excluding carboxylic acids is 1. The van der Waals surface area contributed by atoms with E-state index in [1.54, 1.807) is 20.3 Å². The summed E-state index contributed by atoms with van der Waals surface area (Å²) < 4.78 is 23.7. The van der Waals surface area contributed by atoms with Gasteiger partial charge in [0, 0.05) is 67.7 Å². The Kier molecular flexibility index (Phi) is 8.37. The van der Waals surface area contributed by atoms with Gasteiger partial charge in [-0.1, -0.05) is 24.3 Å². The highest BCUT2D eigenvalue weighted by Gasteiger charge is 2.34. The number of fused-ring (bicyclic) bond motifs is 7. The number of pyridine rings is 1. The van der Waals surface area contributed by atoms with E-state index >= 15 is 0 Å². The zero-order chi connectivity index (χ0) is 33.3. The molecular weight excluding hydrogens is 618 g/mol. The number of rotatable bonds is 10. The number of hydrogen-bond acceptors (Lipinski definition) is 9. The Balaban J connectivity index is 0.856. The van der Waals surface area contributed by atoms with E-state index < -0.39 is 0 Å². The van der Waals surface area contributed by atoms with E-state index in [2.05, 4.69) is 28.1 Å². The maximum atomic E-state index is 13.7. The van der Waals surface area contributed by atoms with Crippen molar-refractivity contribution >= 4 is 35.4 Å². The Hall–Kier alpha value is -5.38. The van der Waals surface area contributed by atoms with Gasteiger partial charge in [-0.3, -0.25) is 19.8 Å². The van der Waals surface area contributed by atoms with Crippen LogP contribution in [0, 0.1) is 0 Å². The summed E-state index contributed by atoms with van der Waals surface area (Å²) in [6.45, 7) is 2.37. The molecule has 0 fully saturated rings. The predicted molar refractivity (Wildman–Crippen MR) is 189 cm³/mol. The Labute approximate surface area is 286 Å². The van der Waals surface area contributed by atoms with Crippen molar-refractivity contribution in [3.05, 3.63) is 94.8 Å². The number of hydrogen-bond donors (Lipinski definition) is 0. The number of anilines is 1. The second kappa shape index (κ2) is 13.3. The Morgan fingerprint density at radius 2 is 1.35 bits per heavy atom. The molecule has 0 unspecified atom stereocenters. The number of ether oxygens (including phenoxy) is 4. The van der Waals surface area contributed by atoms with Crippen LogP contribution >= 0.6 is 0 Å². The van der Waals surface area contributed by atoms with Crippen LogP contribution in [0.15, 0.2) is 77.0 Å². The highest BCUT2D eigenvalue weighted by Crippen LogP contribution is 2.41. The maximum absolute atomic E-state index is 13.7. The third-order valence-electron chi connectivity index (χ3n) is 9.86. The smallest absolute Gasteiger partial charge is 0.257 e. The fourth-order valence-electron chi connectivity index (χ4n) is 7.24. The van der Waals surface area contributed by atoms with Gasteiger partial charge in [0.2, 0.25) is 0 Å². The van der Waals surface area contributed by atoms with Crippen molar-refractivity contribution in [2.24, 2.45) is 9.98 Å². The van der Waals surface area contributed by atoms with Gasteiger partial charge in [-0.2, -0.15) is 0 Å². The van der Waals surface area contributed by atoms with Gasteiger partial charge in [-0.05, 0) is 60.6 Å². The number of nitrogens with zero attached hydrogens (tertiary/aromatic N) is 5. The normalized spacial score (nSPS) is 18.3. The predicted octanol–water partition coefficient (Wildman–Crippen LogP) is 6.66. The third kappa shape index (κ3) is 5.96. The topological polar surface area (TPSA) is 98.1 Å². The molecule has 3 aromatic carbocycles. The van der Waals surface area contributed by atoms with Gasteiger partial charge in [-0.15, -0.1) is 0 Å². The summed E-state index contributed by atoms with van der Waals surface area (Å²) in [6.07, 6.45) is 12.0. The lowest BCUT2D eigenvalue weighted by atomic mass is 9.94. The zero-order valence-corrected chi connectivity index (χ0v) is 27.8. The van der Waals surface area contributed by atoms with Gasteiger partial charge in [-0.25, -0.2) is 0 Å². The molecule has 8 rings (SSSR count). The van der Waals surface area contributed by atoms with E-state index in [0.717, 1.165) is 49.9 Å². The van der Waals surface area contributed by atoms with E-state index in [4.69, 9.17) is 28.9 Å². The molecule has 2 atom stereocenters. The summed E-state index contributed by atoms with van der Waals surface area (Å²) >= 11 is 0. The fourth-order valence-corrected chi connectivity index (χ4v) is 7.24. The molecule has 4 aromatic rings. The van der Waals surface area contributed by atoms with Crippen LogP contribution in [-0.4, -0.2) is 67.7 Å². The average Bonchev–Trinajstić information content (AvgIpc) is 3.30. The van der Waals surface area contributed by atoms with E-state index in [1.165, 1.54) is 22.4 Å². The molecule has 0 N–H and O–H groups in total. The van der Waals surface area contributed by atoms with Crippen LogP contribution in [0.3, 0.4) is 0 Å². The first-order chi connectivity index (χ1) is 24.1. The number of unbranched alkanes of at least 4 members (excludes halogenated alkanes) is 2. The molecule has 4 aliphatic heterocycles. The van der Waals surface area contributed by atoms with Gasteiger partial charge in [0.05, 0.1) is 56.5 Å². The van der Waals surface area contributed by atoms with Crippen molar-refractivity contribution in [2.75, 3.05) is 32.3 Å². The van der Waals surface area contributed by atoms with Gasteiger partial charge >= 0.3 is 0 Å². The van der Waals surface area contributed by atoms with Crippen molar-refractivity contribution in [1.29, 1.82) is 0 Å². The molecule has 0 aliphatic carbocycles. The number of methoxy groups -OCH3 is 2. The Morgan fingerprint density at radius 1 is 0.694 bits per heavy atom. The molecule has 0 radical (unpaired) electrons. The van der Waals surface area contributed by atoms with Gasteiger partial charge in [0.25, 0.3) is 5.91 Å². The van der Waals surface area contributed by atoms with Crippen LogP contribution in [0.2, 0.25) is 0 Å². The Morgan fingerprint density at radius 3 is 2.12 bits per heavy atom. The summed E-state index contributed by atoms with van der Waals surface area (Å²) in [7, 11) is 3.27. The highest BCUT2D eigenvalue weighted by molar-refractivity contribution is 6.03. The molecule has 0 saturated carbocycles. The molecule has 0 spiro atoms. The lowest BCUT2D eigenvalue weighted by Gasteiger charge is -2.34. The SMILES string of the molecule is COc1cc2c(cc1OCCCCCOc1cc3c(cc1OC)C(=O)N1Cc4ccccc4C[C@H]1C=N3)N=C[C@@H]1Cc3cnccc3N1C2. The lowest BCUT2D eigenvalue weighted by Crippen LogP contribution is -2.44. The standard InChI is InChI=1S/C39H39N5O5/c1-46-35-16-28-24-43-29(15-27-20-40-11-10-34(27)43)21-41-32(28)18-37(35)48-12-6-3-7-13-49-38-19-33-31(17-36(38)47-2)39(45)44-23-26-9-5-4-8-25(26)14-30(44)22-42-33/h4-5,8-11,16-22,29-30H,3,6-7,12-15,23-24H2,1-2H3/t29-,30-/m0/s1. The molecule has 10 nitrogen and oxygen atoms in total. The summed E-state index contributed by atoms with van der Waals surface area (Å²) in [5.74, 6) is 2.48. The second-order valence-corrected chi connectivity index (χ2v) is 12.8. The minimum atomic E-state index is -0.0836. The molecule has 1 amide bonds. The zero-order valence-electron chi connectivity index (χ0n) is 27.8. The second-order valence-electron chi connectivity index (χ2n) is 12.8. The molecule has 1 aromatic heterocycles. The fraction of sp³-hybridized carbons (Fsp3) is 0.333. The molecule has 0 bridgehead atoms. The monoisotopic (exact) mass is 657 g/mol. The van der Waals surface area contributed by atoms with Crippen molar-refractivity contribution in [1.82, 2.24) is 9.88 Å². The summed E-state index contributed by atoms with van der Waals surface area (Å²) in [6, 6.07) is 18.1. The summed E-state index contributed by atoms with van der Waals surface area (Å²) in [5.41, 5.74) is 8.07. The largest absolute Gasteiger partial charge is 0.493 e. The van der Waals surface area contributed by atoms with E-state index in [9.17, 15) is 4.79 Å². The molecule has 250 valence electrons. The van der Waals surface area contributed by atoms with E-state index in [-0.39, 0.29) is 18.0 Å². The van der Waals surface area contributed by atoms with Crippen molar-refractivity contribution in [3.63, 3.8) is 0 Å². The average molecular weight is 658 g/mol. The minimum Gasteiger partial charge on any atom is -0.493 e. The third-order valence-corrected chi connectivity index (χ3v) is 9.86. The molecule has 0 saturated heterocycles. The van der Waals surface area contributed by atoms with Gasteiger partial charge < -0.3 is 28.7 Å². The first-order valence-corrected chi connectivity index (χ1v) is 16.9. The van der Waals surface area contributed by atoms with Gasteiger partial charge in [0.15, 0.2) is 23.0 Å². The van der Waals surface area contributed by atoms with Crippen LogP contribution < -0.4 is 23.8 Å². The van der Waals surface area contributed by atoms with Crippen molar-refractivity contribution < 1.29 is 23.7 Å². The highest BCUT2D eigenvalue weighted by atomic mass is 16.5. The van der Waals surface area contributed by atoms with Gasteiger partial charge in [0.1, 0.15) is 0 Å². The quantitative estimate of drug-likeness (QED) is 0.176. The summed E-state index contributed by atoms with van der Waals surface area (Å²) in [5, 5.41) is 0. The Bertz CT molecular complexity index is 1960. The van der Waals surface area contributed by atoms with E-state index in [1.807, 2.05) is 60.1 Å². The number of carbonyl (C=O) groups is 1. The minimum absolute atomic E-state index is 0.0429. The number of benzene rings is 3. The molecule has 4 aliphatic rings. The molecule has 5 heterocycles. The van der Waals surface area contributed by atoms with Crippen LogP contribution in [0.1, 0.15) is 51.9 Å². The first kappa shape index (κ1) is 30.9. The van der Waals surface area contributed by atoms with Crippen molar-refractivity contribution in [2.45, 2.75) is 57.3 Å². The molecule has 49 heavy (non-hydrogen) atoms. The van der Waals surface area contributed by atoms with Crippen LogP contribution in [0.25, 0.3) is 0 Å². The number of aromatic nitrogens is 1. The summed E-state index contributed by atoms with van der Waals surface area (Å²) in [4.78, 5) is 31.8. The molecular formula is C39H39N5O5.